The fourth-order valence-electron chi connectivity index (χ4n) is 5.26. The van der Waals surface area contributed by atoms with Gasteiger partial charge in [0.15, 0.2) is 0 Å². The fourth-order valence-corrected chi connectivity index (χ4v) is 7.51. The monoisotopic (exact) mass is 562 g/mol. The molecule has 0 aliphatic carbocycles. The number of likely N-dealkylation sites (N-methyl/N-ethyl adjacent to an activating group) is 1. The second-order valence-electron chi connectivity index (χ2n) is 9.73. The van der Waals surface area contributed by atoms with E-state index in [2.05, 4.69) is 28.8 Å². The summed E-state index contributed by atoms with van der Waals surface area (Å²) < 4.78 is 32.8. The number of para-hydroxylation sites is 1. The molecule has 39 heavy (non-hydrogen) atoms. The van der Waals surface area contributed by atoms with Gasteiger partial charge >= 0.3 is 0 Å². The van der Waals surface area contributed by atoms with Crippen LogP contribution in [0.1, 0.15) is 43.1 Å². The molecule has 1 unspecified atom stereocenters. The van der Waals surface area contributed by atoms with Crippen LogP contribution in [0.4, 0.5) is 0 Å². The number of carbonyl (C=O) groups is 1. The zero-order valence-electron chi connectivity index (χ0n) is 22.6. The first-order valence-electron chi connectivity index (χ1n) is 13.5. The fraction of sp³-hybridized carbons (Fsp3) is 0.323. The Morgan fingerprint density at radius 3 is 2.38 bits per heavy atom. The molecule has 0 N–H and O–H groups in total. The van der Waals surface area contributed by atoms with Crippen molar-refractivity contribution in [3.63, 3.8) is 0 Å². The van der Waals surface area contributed by atoms with Gasteiger partial charge in [-0.2, -0.15) is 8.42 Å². The number of hydrogen-bond acceptors (Lipinski definition) is 5. The van der Waals surface area contributed by atoms with Crippen molar-refractivity contribution in [1.29, 1.82) is 0 Å². The number of aryl methyl sites for hydroxylation is 2. The summed E-state index contributed by atoms with van der Waals surface area (Å²) in [5.74, 6) is 0.137. The molecule has 1 aromatic heterocycles. The Labute approximate surface area is 235 Å². The van der Waals surface area contributed by atoms with Crippen molar-refractivity contribution in [3.05, 3.63) is 83.9 Å². The summed E-state index contributed by atoms with van der Waals surface area (Å²) >= 11 is 1.64. The highest BCUT2D eigenvalue weighted by Gasteiger charge is 2.37. The zero-order chi connectivity index (χ0) is 27.6. The summed E-state index contributed by atoms with van der Waals surface area (Å²) in [6, 6.07) is 23.3. The maximum absolute atomic E-state index is 13.7. The van der Waals surface area contributed by atoms with Crippen molar-refractivity contribution in [3.8, 4) is 11.3 Å². The largest absolute Gasteiger partial charge is 0.342 e. The molecule has 0 fully saturated rings. The van der Waals surface area contributed by atoms with Gasteiger partial charge in [-0.3, -0.25) is 8.98 Å². The molecule has 2 heterocycles. The number of carbonyl (C=O) groups excluding carboxylic acids is 1. The third-order valence-corrected chi connectivity index (χ3v) is 9.89. The van der Waals surface area contributed by atoms with Gasteiger partial charge in [0.05, 0.1) is 17.2 Å². The van der Waals surface area contributed by atoms with E-state index >= 15 is 0 Å². The smallest absolute Gasteiger partial charge is 0.296 e. The quantitative estimate of drug-likeness (QED) is 0.157. The van der Waals surface area contributed by atoms with Crippen molar-refractivity contribution in [2.75, 3.05) is 19.7 Å². The van der Waals surface area contributed by atoms with Crippen molar-refractivity contribution in [2.45, 2.75) is 55.2 Å². The number of aromatic nitrogens is 1. The van der Waals surface area contributed by atoms with Gasteiger partial charge in [-0.1, -0.05) is 54.1 Å². The number of nitrogens with zero attached hydrogens (tertiary/aromatic N) is 2. The Bertz CT molecular complexity index is 1590. The van der Waals surface area contributed by atoms with Crippen LogP contribution in [-0.4, -0.2) is 43.5 Å². The molecule has 5 rings (SSSR count). The van der Waals surface area contributed by atoms with Crippen LogP contribution < -0.4 is 0 Å². The van der Waals surface area contributed by atoms with Crippen molar-refractivity contribution in [2.24, 2.45) is 0 Å². The number of fused-ring (bicyclic) bond motifs is 5. The van der Waals surface area contributed by atoms with Crippen molar-refractivity contribution >= 4 is 38.7 Å². The summed E-state index contributed by atoms with van der Waals surface area (Å²) in [5.41, 5.74) is 5.38. The number of unbranched alkanes of at least 4 members (excludes halogenated alkanes) is 1. The lowest BCUT2D eigenvalue weighted by molar-refractivity contribution is -0.130. The molecule has 1 aliphatic heterocycles. The molecule has 1 aliphatic rings. The molecule has 0 saturated carbocycles. The lowest BCUT2D eigenvalue weighted by Crippen LogP contribution is -2.34. The van der Waals surface area contributed by atoms with Crippen LogP contribution in [0, 0.1) is 6.92 Å². The topological polar surface area (TPSA) is 68.6 Å². The van der Waals surface area contributed by atoms with E-state index < -0.39 is 10.1 Å². The van der Waals surface area contributed by atoms with Gasteiger partial charge in [0.25, 0.3) is 10.1 Å². The maximum atomic E-state index is 13.7. The molecule has 1 amide bonds. The minimum Gasteiger partial charge on any atom is -0.342 e. The normalized spacial score (nSPS) is 14.7. The number of rotatable bonds is 10. The Hall–Kier alpha value is -3.07. The molecule has 204 valence electrons. The second kappa shape index (κ2) is 11.6. The first-order valence-corrected chi connectivity index (χ1v) is 15.8. The van der Waals surface area contributed by atoms with E-state index in [9.17, 15) is 13.2 Å². The third-order valence-electron chi connectivity index (χ3n) is 7.28. The van der Waals surface area contributed by atoms with E-state index in [0.29, 0.717) is 26.1 Å². The maximum Gasteiger partial charge on any atom is 0.296 e. The average molecular weight is 563 g/mol. The molecule has 6 nitrogen and oxygen atoms in total. The van der Waals surface area contributed by atoms with Gasteiger partial charge in [-0.25, -0.2) is 0 Å². The SMILES string of the molecule is CCN(CC)C(=O)C1Sc2ccccc2-c2c1c1ccccc1n2CCCCOS(=O)(=O)c1ccc(C)cc1. The minimum absolute atomic E-state index is 0.118. The number of hydrogen-bond donors (Lipinski definition) is 0. The molecular formula is C31H34N2O4S2. The molecule has 8 heteroatoms. The molecule has 0 saturated heterocycles. The second-order valence-corrected chi connectivity index (χ2v) is 12.5. The number of amides is 1. The van der Waals surface area contributed by atoms with Crippen LogP contribution in [0.5, 0.6) is 0 Å². The van der Waals surface area contributed by atoms with E-state index in [0.717, 1.165) is 44.6 Å². The molecular weight excluding hydrogens is 528 g/mol. The van der Waals surface area contributed by atoms with Gasteiger partial charge in [0, 0.05) is 46.6 Å². The predicted octanol–water partition coefficient (Wildman–Crippen LogP) is 6.82. The van der Waals surface area contributed by atoms with Gasteiger partial charge in [0.1, 0.15) is 5.25 Å². The summed E-state index contributed by atoms with van der Waals surface area (Å²) in [6.45, 7) is 8.12. The van der Waals surface area contributed by atoms with Crippen molar-refractivity contribution < 1.29 is 17.4 Å². The summed E-state index contributed by atoms with van der Waals surface area (Å²) in [7, 11) is -3.78. The summed E-state index contributed by atoms with van der Waals surface area (Å²) in [6.07, 6.45) is 1.32. The first-order chi connectivity index (χ1) is 18.9. The van der Waals surface area contributed by atoms with Gasteiger partial charge in [-0.05, 0) is 57.9 Å². The molecule has 4 aromatic rings. The standard InChI is InChI=1S/C31H34N2O4S2/c1-4-32(5-2)31(34)30-28-24-12-6-8-14-26(24)33(29(28)25-13-7-9-15-27(25)38-30)20-10-11-21-37-39(35,36)23-18-16-22(3)17-19-23/h6-9,12-19,30H,4-5,10-11,20-21H2,1-3H3. The van der Waals surface area contributed by atoms with Crippen molar-refractivity contribution in [1.82, 2.24) is 9.47 Å². The Balaban J connectivity index is 1.43. The highest BCUT2D eigenvalue weighted by atomic mass is 32.2. The van der Waals surface area contributed by atoms with E-state index in [1.165, 1.54) is 0 Å². The third kappa shape index (κ3) is 5.38. The van der Waals surface area contributed by atoms with Crippen LogP contribution >= 0.6 is 11.8 Å². The number of thioether (sulfide) groups is 1. The van der Waals surface area contributed by atoms with E-state index in [1.54, 1.807) is 36.0 Å². The summed E-state index contributed by atoms with van der Waals surface area (Å²) in [4.78, 5) is 16.9. The van der Waals surface area contributed by atoms with Gasteiger partial charge < -0.3 is 9.47 Å². The molecule has 1 atom stereocenters. The average Bonchev–Trinajstić information content (AvgIpc) is 3.28. The number of benzene rings is 3. The highest BCUT2D eigenvalue weighted by Crippen LogP contribution is 2.53. The summed E-state index contributed by atoms with van der Waals surface area (Å²) in [5, 5.41) is 0.780. The molecule has 3 aromatic carbocycles. The predicted molar refractivity (Wildman–Crippen MR) is 157 cm³/mol. The Morgan fingerprint density at radius 1 is 0.949 bits per heavy atom. The highest BCUT2D eigenvalue weighted by molar-refractivity contribution is 8.00. The molecule has 0 bridgehead atoms. The van der Waals surface area contributed by atoms with E-state index in [-0.39, 0.29) is 22.7 Å². The van der Waals surface area contributed by atoms with Gasteiger partial charge in [-0.15, -0.1) is 11.8 Å². The lowest BCUT2D eigenvalue weighted by Gasteiger charge is -2.30. The zero-order valence-corrected chi connectivity index (χ0v) is 24.2. The van der Waals surface area contributed by atoms with Crippen LogP contribution in [0.3, 0.4) is 0 Å². The lowest BCUT2D eigenvalue weighted by atomic mass is 10.0. The molecule has 0 radical (unpaired) electrons. The van der Waals surface area contributed by atoms with Crippen LogP contribution in [0.25, 0.3) is 22.2 Å². The minimum atomic E-state index is -3.78. The van der Waals surface area contributed by atoms with Crippen LogP contribution in [0.15, 0.2) is 82.6 Å². The van der Waals surface area contributed by atoms with Crippen LogP contribution in [0.2, 0.25) is 0 Å². The Kier molecular flexibility index (Phi) is 8.16. The first kappa shape index (κ1) is 27.5. The van der Waals surface area contributed by atoms with Crippen LogP contribution in [-0.2, 0) is 25.6 Å². The van der Waals surface area contributed by atoms with E-state index in [4.69, 9.17) is 4.18 Å². The Morgan fingerprint density at radius 2 is 1.64 bits per heavy atom. The van der Waals surface area contributed by atoms with Gasteiger partial charge in [0.2, 0.25) is 5.91 Å². The molecule has 0 spiro atoms. The van der Waals surface area contributed by atoms with E-state index in [1.807, 2.05) is 49.9 Å².